The summed E-state index contributed by atoms with van der Waals surface area (Å²) in [4.78, 5) is 10.2. The van der Waals surface area contributed by atoms with Crippen LogP contribution < -0.4 is 0 Å². The Kier molecular flexibility index (Phi) is 4.09. The Morgan fingerprint density at radius 1 is 1.19 bits per heavy atom. The summed E-state index contributed by atoms with van der Waals surface area (Å²) in [5.74, 6) is -2.69. The Labute approximate surface area is 121 Å². The van der Waals surface area contributed by atoms with Crippen LogP contribution in [0.25, 0.3) is 0 Å². The average Bonchev–Trinajstić information content (AvgIpc) is 2.40. The van der Waals surface area contributed by atoms with Crippen molar-refractivity contribution in [3.63, 3.8) is 0 Å². The fourth-order valence-electron chi connectivity index (χ4n) is 1.94. The number of hydrogen-bond donors (Lipinski definition) is 1. The summed E-state index contributed by atoms with van der Waals surface area (Å²) in [7, 11) is -3.88. The van der Waals surface area contributed by atoms with Crippen LogP contribution in [0.15, 0.2) is 47.4 Å². The van der Waals surface area contributed by atoms with E-state index in [0.29, 0.717) is 11.6 Å². The van der Waals surface area contributed by atoms with Gasteiger partial charge >= 0.3 is 5.97 Å². The molecule has 0 saturated carbocycles. The summed E-state index contributed by atoms with van der Waals surface area (Å²) in [6.45, 7) is 1.77. The van der Waals surface area contributed by atoms with Crippen molar-refractivity contribution >= 4 is 15.8 Å². The molecule has 1 N–H and O–H groups in total. The fraction of sp³-hybridized carbons (Fsp3) is 0.133. The van der Waals surface area contributed by atoms with Gasteiger partial charge in [-0.15, -0.1) is 0 Å². The number of aromatic carboxylic acids is 1. The van der Waals surface area contributed by atoms with E-state index in [1.807, 2.05) is 0 Å². The molecule has 0 atom stereocenters. The molecular formula is C15H13FO4S. The van der Waals surface area contributed by atoms with Crippen molar-refractivity contribution in [3.05, 3.63) is 65.0 Å². The van der Waals surface area contributed by atoms with Gasteiger partial charge in [0.25, 0.3) is 0 Å². The highest BCUT2D eigenvalue weighted by atomic mass is 32.2. The molecule has 0 aromatic heterocycles. The van der Waals surface area contributed by atoms with Crippen molar-refractivity contribution in [1.82, 2.24) is 0 Å². The Morgan fingerprint density at radius 2 is 1.86 bits per heavy atom. The Morgan fingerprint density at radius 3 is 2.43 bits per heavy atom. The predicted octanol–water partition coefficient (Wildman–Crippen LogP) is 2.81. The second kappa shape index (κ2) is 5.65. The highest BCUT2D eigenvalue weighted by Gasteiger charge is 2.21. The van der Waals surface area contributed by atoms with Gasteiger partial charge < -0.3 is 5.11 Å². The van der Waals surface area contributed by atoms with E-state index in [2.05, 4.69) is 0 Å². The molecule has 0 spiro atoms. The van der Waals surface area contributed by atoms with Gasteiger partial charge in [-0.25, -0.2) is 17.6 Å². The molecule has 0 aliphatic heterocycles. The number of carboxylic acids is 1. The lowest BCUT2D eigenvalue weighted by Crippen LogP contribution is -2.09. The molecule has 0 aliphatic carbocycles. The maximum absolute atomic E-state index is 13.9. The van der Waals surface area contributed by atoms with Gasteiger partial charge in [0.15, 0.2) is 9.84 Å². The zero-order valence-corrected chi connectivity index (χ0v) is 12.0. The van der Waals surface area contributed by atoms with Crippen LogP contribution in [-0.4, -0.2) is 19.5 Å². The molecule has 0 aliphatic rings. The van der Waals surface area contributed by atoms with Crippen molar-refractivity contribution in [2.75, 3.05) is 0 Å². The molecular weight excluding hydrogens is 295 g/mol. The quantitative estimate of drug-likeness (QED) is 0.942. The first-order chi connectivity index (χ1) is 9.81. The lowest BCUT2D eigenvalue weighted by Gasteiger charge is -2.08. The first-order valence-corrected chi connectivity index (χ1v) is 7.76. The molecule has 4 nitrogen and oxygen atoms in total. The van der Waals surface area contributed by atoms with Crippen LogP contribution in [0.5, 0.6) is 0 Å². The molecule has 21 heavy (non-hydrogen) atoms. The minimum absolute atomic E-state index is 0.289. The normalized spacial score (nSPS) is 11.3. The van der Waals surface area contributed by atoms with Crippen molar-refractivity contribution < 1.29 is 22.7 Å². The predicted molar refractivity (Wildman–Crippen MR) is 75.4 cm³/mol. The number of hydrogen-bond acceptors (Lipinski definition) is 3. The summed E-state index contributed by atoms with van der Waals surface area (Å²) < 4.78 is 38.4. The number of sulfone groups is 1. The van der Waals surface area contributed by atoms with Crippen LogP contribution in [0.4, 0.5) is 4.39 Å². The third-order valence-electron chi connectivity index (χ3n) is 3.12. The maximum Gasteiger partial charge on any atom is 0.335 e. The van der Waals surface area contributed by atoms with E-state index in [9.17, 15) is 17.6 Å². The van der Waals surface area contributed by atoms with Crippen LogP contribution >= 0.6 is 0 Å². The van der Waals surface area contributed by atoms with Gasteiger partial charge in [0, 0.05) is 0 Å². The first-order valence-electron chi connectivity index (χ1n) is 6.11. The van der Waals surface area contributed by atoms with Crippen molar-refractivity contribution in [3.8, 4) is 0 Å². The van der Waals surface area contributed by atoms with Gasteiger partial charge in [-0.2, -0.15) is 0 Å². The minimum atomic E-state index is -3.88. The van der Waals surface area contributed by atoms with Crippen molar-refractivity contribution in [2.45, 2.75) is 17.6 Å². The number of carboxylic acid groups (broad SMARTS) is 1. The Hall–Kier alpha value is -2.21. The molecule has 0 heterocycles. The second-order valence-electron chi connectivity index (χ2n) is 4.64. The summed E-state index contributed by atoms with van der Waals surface area (Å²) in [5, 5.41) is 8.76. The van der Waals surface area contributed by atoms with Gasteiger partial charge in [-0.1, -0.05) is 24.3 Å². The Bertz CT molecular complexity index is 797. The summed E-state index contributed by atoms with van der Waals surface area (Å²) in [6.07, 6.45) is 0. The molecule has 0 unspecified atom stereocenters. The zero-order valence-electron chi connectivity index (χ0n) is 11.2. The van der Waals surface area contributed by atoms with Crippen LogP contribution in [0, 0.1) is 12.7 Å². The number of halogens is 1. The molecule has 110 valence electrons. The van der Waals surface area contributed by atoms with E-state index in [0.717, 1.165) is 17.7 Å². The van der Waals surface area contributed by atoms with Crippen molar-refractivity contribution in [1.29, 1.82) is 0 Å². The number of rotatable bonds is 4. The smallest absolute Gasteiger partial charge is 0.335 e. The van der Waals surface area contributed by atoms with Gasteiger partial charge in [0.2, 0.25) is 0 Å². The van der Waals surface area contributed by atoms with Gasteiger partial charge in [0.1, 0.15) is 10.7 Å². The van der Waals surface area contributed by atoms with Crippen LogP contribution in [0.3, 0.4) is 0 Å². The molecule has 0 amide bonds. The Balaban J connectivity index is 2.41. The average molecular weight is 308 g/mol. The summed E-state index contributed by atoms with van der Waals surface area (Å²) in [5.41, 5.74) is 1.09. The number of aryl methyl sites for hydroxylation is 1. The third kappa shape index (κ3) is 3.28. The van der Waals surface area contributed by atoms with Crippen LogP contribution in [0.1, 0.15) is 21.5 Å². The van der Waals surface area contributed by atoms with Gasteiger partial charge in [-0.05, 0) is 36.2 Å². The monoisotopic (exact) mass is 308 g/mol. The molecule has 0 fully saturated rings. The standard InChI is InChI=1S/C15H13FO4S/c1-10-4-2-3-5-12(10)9-21(19,20)14-7-6-11(15(17)18)8-13(14)16/h2-8H,9H2,1H3,(H,17,18). The summed E-state index contributed by atoms with van der Waals surface area (Å²) in [6, 6.07) is 9.72. The number of carbonyl (C=O) groups is 1. The minimum Gasteiger partial charge on any atom is -0.478 e. The molecule has 0 radical (unpaired) electrons. The molecule has 0 bridgehead atoms. The van der Waals surface area contributed by atoms with E-state index in [1.54, 1.807) is 31.2 Å². The first kappa shape index (κ1) is 15.2. The topological polar surface area (TPSA) is 71.4 Å². The largest absolute Gasteiger partial charge is 0.478 e. The third-order valence-corrected chi connectivity index (χ3v) is 4.81. The fourth-order valence-corrected chi connectivity index (χ4v) is 3.46. The molecule has 2 aromatic carbocycles. The lowest BCUT2D eigenvalue weighted by molar-refractivity contribution is 0.0696. The van der Waals surface area contributed by atoms with Crippen LogP contribution in [0.2, 0.25) is 0 Å². The number of benzene rings is 2. The molecule has 2 aromatic rings. The van der Waals surface area contributed by atoms with Crippen LogP contribution in [-0.2, 0) is 15.6 Å². The SMILES string of the molecule is Cc1ccccc1CS(=O)(=O)c1ccc(C(=O)O)cc1F. The molecule has 6 heteroatoms. The summed E-state index contributed by atoms with van der Waals surface area (Å²) >= 11 is 0. The lowest BCUT2D eigenvalue weighted by atomic mass is 10.1. The molecule has 2 rings (SSSR count). The highest BCUT2D eigenvalue weighted by molar-refractivity contribution is 7.90. The van der Waals surface area contributed by atoms with E-state index in [1.165, 1.54) is 0 Å². The van der Waals surface area contributed by atoms with E-state index in [-0.39, 0.29) is 11.3 Å². The van der Waals surface area contributed by atoms with Gasteiger partial charge in [-0.3, -0.25) is 0 Å². The highest BCUT2D eigenvalue weighted by Crippen LogP contribution is 2.22. The van der Waals surface area contributed by atoms with Gasteiger partial charge in [0.05, 0.1) is 11.3 Å². The zero-order chi connectivity index (χ0) is 15.6. The molecule has 0 saturated heterocycles. The van der Waals surface area contributed by atoms with Crippen molar-refractivity contribution in [2.24, 2.45) is 0 Å². The second-order valence-corrected chi connectivity index (χ2v) is 6.59. The maximum atomic E-state index is 13.9. The van der Waals surface area contributed by atoms with E-state index in [4.69, 9.17) is 5.11 Å². The van der Waals surface area contributed by atoms with E-state index >= 15 is 0 Å². The van der Waals surface area contributed by atoms with E-state index < -0.39 is 26.5 Å².